The van der Waals surface area contributed by atoms with Gasteiger partial charge in [-0.05, 0) is 39.7 Å². The lowest BCUT2D eigenvalue weighted by Crippen LogP contribution is -2.48. The van der Waals surface area contributed by atoms with Crippen LogP contribution in [0.4, 0.5) is 4.79 Å². The highest BCUT2D eigenvalue weighted by molar-refractivity contribution is 5.89. The molecule has 0 aliphatic carbocycles. The van der Waals surface area contributed by atoms with Gasteiger partial charge in [0, 0.05) is 24.7 Å². The van der Waals surface area contributed by atoms with Crippen molar-refractivity contribution in [3.8, 4) is 5.75 Å². The smallest absolute Gasteiger partial charge is 0.410 e. The fourth-order valence-electron chi connectivity index (χ4n) is 3.35. The van der Waals surface area contributed by atoms with Crippen LogP contribution in [0, 0.1) is 0 Å². The first-order valence-electron chi connectivity index (χ1n) is 9.64. The van der Waals surface area contributed by atoms with Crippen molar-refractivity contribution in [1.82, 2.24) is 10.2 Å². The highest BCUT2D eigenvalue weighted by Crippen LogP contribution is 2.25. The number of para-hydroxylation sites is 1. The maximum absolute atomic E-state index is 12.5. The van der Waals surface area contributed by atoms with Gasteiger partial charge >= 0.3 is 11.7 Å². The Morgan fingerprint density at radius 2 is 1.97 bits per heavy atom. The van der Waals surface area contributed by atoms with E-state index in [2.05, 4.69) is 5.32 Å². The van der Waals surface area contributed by atoms with Crippen molar-refractivity contribution in [1.29, 1.82) is 0 Å². The van der Waals surface area contributed by atoms with E-state index in [4.69, 9.17) is 9.15 Å². The van der Waals surface area contributed by atoms with Gasteiger partial charge in [-0.1, -0.05) is 12.1 Å². The number of carbonyl (C=O) groups excluding carboxylic acids is 2. The Labute approximate surface area is 168 Å². The molecule has 29 heavy (non-hydrogen) atoms. The van der Waals surface area contributed by atoms with Gasteiger partial charge in [-0.15, -0.1) is 0 Å². The third kappa shape index (κ3) is 5.28. The third-order valence-corrected chi connectivity index (χ3v) is 4.69. The third-order valence-electron chi connectivity index (χ3n) is 4.69. The largest absolute Gasteiger partial charge is 0.507 e. The Morgan fingerprint density at radius 3 is 2.62 bits per heavy atom. The van der Waals surface area contributed by atoms with Crippen LogP contribution in [0.5, 0.6) is 5.75 Å². The van der Waals surface area contributed by atoms with Gasteiger partial charge in [-0.25, -0.2) is 9.59 Å². The van der Waals surface area contributed by atoms with Crippen LogP contribution in [-0.2, 0) is 16.0 Å². The van der Waals surface area contributed by atoms with E-state index >= 15 is 0 Å². The number of benzene rings is 1. The molecule has 1 fully saturated rings. The number of likely N-dealkylation sites (tertiary alicyclic amines) is 1. The number of rotatable bonds is 3. The van der Waals surface area contributed by atoms with Crippen molar-refractivity contribution in [2.75, 3.05) is 13.1 Å². The van der Waals surface area contributed by atoms with Crippen LogP contribution in [0.15, 0.2) is 33.5 Å². The summed E-state index contributed by atoms with van der Waals surface area (Å²) in [4.78, 5) is 37.8. The van der Waals surface area contributed by atoms with Crippen molar-refractivity contribution in [3.05, 3.63) is 40.2 Å². The van der Waals surface area contributed by atoms with Crippen LogP contribution >= 0.6 is 0 Å². The van der Waals surface area contributed by atoms with Crippen LogP contribution in [0.2, 0.25) is 0 Å². The summed E-state index contributed by atoms with van der Waals surface area (Å²) >= 11 is 0. The summed E-state index contributed by atoms with van der Waals surface area (Å²) in [5.74, 6) is -0.382. The molecular formula is C21H26N2O6. The lowest BCUT2D eigenvalue weighted by atomic mass is 10.0. The number of piperidine rings is 1. The van der Waals surface area contributed by atoms with E-state index in [9.17, 15) is 19.5 Å². The van der Waals surface area contributed by atoms with Crippen LogP contribution < -0.4 is 10.9 Å². The van der Waals surface area contributed by atoms with Gasteiger partial charge in [-0.2, -0.15) is 0 Å². The zero-order valence-corrected chi connectivity index (χ0v) is 16.9. The summed E-state index contributed by atoms with van der Waals surface area (Å²) in [5.41, 5.74) is -0.465. The minimum atomic E-state index is -0.669. The number of hydrogen-bond acceptors (Lipinski definition) is 6. The van der Waals surface area contributed by atoms with Gasteiger partial charge in [0.25, 0.3) is 0 Å². The standard InChI is InChI=1S/C21H26N2O6/c1-21(2,3)29-20(27)23-9-7-14(8-10-23)22-17(25)11-13-5-4-6-15-16(24)12-18(26)28-19(13)15/h4-6,12,14,24H,7-11H2,1-3H3,(H,22,25). The monoisotopic (exact) mass is 402 g/mol. The molecule has 2 heterocycles. The molecule has 1 aliphatic heterocycles. The second-order valence-electron chi connectivity index (χ2n) is 8.23. The summed E-state index contributed by atoms with van der Waals surface area (Å²) in [6.45, 7) is 6.50. The molecule has 2 N–H and O–H groups in total. The number of nitrogens with zero attached hydrogens (tertiary/aromatic N) is 1. The van der Waals surface area contributed by atoms with Crippen LogP contribution in [0.1, 0.15) is 39.2 Å². The summed E-state index contributed by atoms with van der Waals surface area (Å²) in [6.07, 6.45) is 0.955. The van der Waals surface area contributed by atoms with Crippen molar-refractivity contribution in [2.45, 2.75) is 51.7 Å². The second-order valence-corrected chi connectivity index (χ2v) is 8.23. The molecule has 0 atom stereocenters. The van der Waals surface area contributed by atoms with Gasteiger partial charge in [0.1, 0.15) is 16.9 Å². The first-order chi connectivity index (χ1) is 13.6. The number of aromatic hydroxyl groups is 1. The molecule has 0 bridgehead atoms. The summed E-state index contributed by atoms with van der Waals surface area (Å²) in [6, 6.07) is 5.97. The van der Waals surface area contributed by atoms with Gasteiger partial charge in [0.05, 0.1) is 17.9 Å². The van der Waals surface area contributed by atoms with E-state index in [1.165, 1.54) is 0 Å². The fourth-order valence-corrected chi connectivity index (χ4v) is 3.35. The number of nitrogens with one attached hydrogen (secondary N) is 1. The van der Waals surface area contributed by atoms with E-state index in [1.54, 1.807) is 23.1 Å². The predicted octanol–water partition coefficient (Wildman–Crippen LogP) is 2.56. The molecule has 0 unspecified atom stereocenters. The Balaban J connectivity index is 1.58. The molecule has 2 aromatic rings. The van der Waals surface area contributed by atoms with E-state index in [1.807, 2.05) is 20.8 Å². The number of amides is 2. The summed E-state index contributed by atoms with van der Waals surface area (Å²) in [7, 11) is 0. The Morgan fingerprint density at radius 1 is 1.28 bits per heavy atom. The molecule has 1 aromatic carbocycles. The van der Waals surface area contributed by atoms with Crippen LogP contribution in [0.3, 0.4) is 0 Å². The lowest BCUT2D eigenvalue weighted by Gasteiger charge is -2.33. The molecule has 2 amide bonds. The zero-order chi connectivity index (χ0) is 21.2. The van der Waals surface area contributed by atoms with E-state index in [0.717, 1.165) is 6.07 Å². The van der Waals surface area contributed by atoms with Crippen molar-refractivity contribution < 1.29 is 23.8 Å². The molecule has 1 saturated heterocycles. The highest BCUT2D eigenvalue weighted by Gasteiger charge is 2.27. The summed E-state index contributed by atoms with van der Waals surface area (Å²) < 4.78 is 10.6. The van der Waals surface area contributed by atoms with Gasteiger partial charge in [-0.3, -0.25) is 4.79 Å². The minimum absolute atomic E-state index is 0.0238. The van der Waals surface area contributed by atoms with Crippen molar-refractivity contribution in [3.63, 3.8) is 0 Å². The Kier molecular flexibility index (Phi) is 5.81. The van der Waals surface area contributed by atoms with E-state index in [-0.39, 0.29) is 35.8 Å². The molecular weight excluding hydrogens is 376 g/mol. The van der Waals surface area contributed by atoms with Gasteiger partial charge in [0.2, 0.25) is 5.91 Å². The SMILES string of the molecule is CC(C)(C)OC(=O)N1CCC(NC(=O)Cc2cccc3c(O)cc(=O)oc23)CC1. The highest BCUT2D eigenvalue weighted by atomic mass is 16.6. The predicted molar refractivity (Wildman–Crippen MR) is 107 cm³/mol. The number of fused-ring (bicyclic) bond motifs is 1. The average Bonchev–Trinajstić information content (AvgIpc) is 2.61. The molecule has 0 saturated carbocycles. The van der Waals surface area contributed by atoms with Gasteiger partial charge < -0.3 is 24.5 Å². The summed E-state index contributed by atoms with van der Waals surface area (Å²) in [5, 5.41) is 13.3. The number of carbonyl (C=O) groups is 2. The molecule has 1 aliphatic rings. The fraction of sp³-hybridized carbons (Fsp3) is 0.476. The lowest BCUT2D eigenvalue weighted by molar-refractivity contribution is -0.121. The van der Waals surface area contributed by atoms with Crippen molar-refractivity contribution >= 4 is 23.0 Å². The van der Waals surface area contributed by atoms with Gasteiger partial charge in [0.15, 0.2) is 0 Å². The Hall–Kier alpha value is -3.03. The maximum Gasteiger partial charge on any atom is 0.410 e. The average molecular weight is 402 g/mol. The maximum atomic E-state index is 12.5. The molecule has 8 nitrogen and oxygen atoms in total. The van der Waals surface area contributed by atoms with Crippen molar-refractivity contribution in [2.24, 2.45) is 0 Å². The van der Waals surface area contributed by atoms with Crippen LogP contribution in [-0.4, -0.2) is 46.7 Å². The molecule has 156 valence electrons. The number of ether oxygens (including phenoxy) is 1. The molecule has 0 spiro atoms. The molecule has 1 aromatic heterocycles. The first-order valence-corrected chi connectivity index (χ1v) is 9.64. The normalized spacial score (nSPS) is 15.3. The number of hydrogen-bond donors (Lipinski definition) is 2. The second kappa shape index (κ2) is 8.14. The van der Waals surface area contributed by atoms with E-state index in [0.29, 0.717) is 36.9 Å². The zero-order valence-electron chi connectivity index (χ0n) is 16.9. The minimum Gasteiger partial charge on any atom is -0.507 e. The molecule has 3 rings (SSSR count). The Bertz CT molecular complexity index is 967. The van der Waals surface area contributed by atoms with Crippen LogP contribution in [0.25, 0.3) is 11.0 Å². The quantitative estimate of drug-likeness (QED) is 0.764. The first kappa shape index (κ1) is 20.7. The van der Waals surface area contributed by atoms with E-state index < -0.39 is 11.2 Å². The topological polar surface area (TPSA) is 109 Å². The molecule has 0 radical (unpaired) electrons. The molecule has 8 heteroatoms.